The lowest BCUT2D eigenvalue weighted by Gasteiger charge is -2.19. The maximum Gasteiger partial charge on any atom is 0.416 e. The highest BCUT2D eigenvalue weighted by atomic mass is 19.4. The lowest BCUT2D eigenvalue weighted by atomic mass is 9.98. The van der Waals surface area contributed by atoms with E-state index < -0.39 is 47.3 Å². The van der Waals surface area contributed by atoms with Crippen LogP contribution in [0.3, 0.4) is 0 Å². The number of carbonyl (C=O) groups is 3. The minimum atomic E-state index is -4.84. The molecule has 12 heteroatoms. The van der Waals surface area contributed by atoms with Gasteiger partial charge in [0.15, 0.2) is 5.78 Å². The van der Waals surface area contributed by atoms with Crippen molar-refractivity contribution in [3.63, 3.8) is 0 Å². The van der Waals surface area contributed by atoms with E-state index >= 15 is 0 Å². The van der Waals surface area contributed by atoms with E-state index in [0.717, 1.165) is 22.8 Å². The highest BCUT2D eigenvalue weighted by Gasteiger charge is 2.32. The number of amides is 2. The van der Waals surface area contributed by atoms with Crippen molar-refractivity contribution in [3.05, 3.63) is 116 Å². The second kappa shape index (κ2) is 13.5. The van der Waals surface area contributed by atoms with Gasteiger partial charge < -0.3 is 10.2 Å². The first-order valence-electron chi connectivity index (χ1n) is 14.4. The Labute approximate surface area is 262 Å². The fraction of sp³-hybridized carbons (Fsp3) is 0.265. The van der Waals surface area contributed by atoms with Crippen LogP contribution in [-0.2, 0) is 17.5 Å². The number of nitrogens with one attached hydrogen (secondary N) is 1. The molecule has 0 unspecified atom stereocenters. The largest absolute Gasteiger partial charge is 0.416 e. The Balaban J connectivity index is 1.93. The maximum absolute atomic E-state index is 14.1. The molecule has 0 fully saturated rings. The molecule has 0 aliphatic rings. The smallest absolute Gasteiger partial charge is 0.345 e. The van der Waals surface area contributed by atoms with E-state index in [1.54, 1.807) is 47.0 Å². The van der Waals surface area contributed by atoms with Crippen LogP contribution in [0.2, 0.25) is 0 Å². The molecule has 8 nitrogen and oxygen atoms in total. The molecule has 0 aliphatic carbocycles. The first kappa shape index (κ1) is 33.8. The van der Waals surface area contributed by atoms with Crippen molar-refractivity contribution in [1.82, 2.24) is 14.5 Å². The molecule has 240 valence electrons. The second-order valence-corrected chi connectivity index (χ2v) is 11.2. The molecule has 1 atom stereocenters. The van der Waals surface area contributed by atoms with Gasteiger partial charge in [-0.2, -0.15) is 13.2 Å². The molecule has 0 saturated carbocycles. The minimum absolute atomic E-state index is 0.0288. The third kappa shape index (κ3) is 7.39. The van der Waals surface area contributed by atoms with Crippen molar-refractivity contribution in [2.45, 2.75) is 39.9 Å². The number of carbonyl (C=O) groups excluding carboxylic acids is 3. The van der Waals surface area contributed by atoms with E-state index in [4.69, 9.17) is 0 Å². The Kier molecular flexibility index (Phi) is 9.89. The van der Waals surface area contributed by atoms with Gasteiger partial charge in [-0.05, 0) is 79.1 Å². The van der Waals surface area contributed by atoms with Crippen molar-refractivity contribution < 1.29 is 31.9 Å². The van der Waals surface area contributed by atoms with E-state index in [9.17, 15) is 36.7 Å². The number of rotatable bonds is 9. The van der Waals surface area contributed by atoms with E-state index in [1.165, 1.54) is 35.4 Å². The van der Waals surface area contributed by atoms with E-state index in [-0.39, 0.29) is 39.7 Å². The normalized spacial score (nSPS) is 12.0. The molecule has 0 radical (unpaired) electrons. The van der Waals surface area contributed by atoms with Crippen molar-refractivity contribution >= 4 is 23.3 Å². The number of halogens is 4. The number of aromatic nitrogens is 2. The van der Waals surface area contributed by atoms with Gasteiger partial charge in [0.1, 0.15) is 17.3 Å². The van der Waals surface area contributed by atoms with Crippen LogP contribution < -0.4 is 10.9 Å². The van der Waals surface area contributed by atoms with Gasteiger partial charge in [0, 0.05) is 42.3 Å². The highest BCUT2D eigenvalue weighted by molar-refractivity contribution is 6.09. The number of hydrogen-bond donors (Lipinski definition) is 1. The Hall–Kier alpha value is -5.13. The molecule has 0 bridgehead atoms. The molecule has 0 spiro atoms. The van der Waals surface area contributed by atoms with E-state index in [0.29, 0.717) is 23.6 Å². The van der Waals surface area contributed by atoms with Crippen molar-refractivity contribution in [2.24, 2.45) is 5.92 Å². The number of nitrogens with zero attached hydrogens (tertiary/aromatic N) is 3. The van der Waals surface area contributed by atoms with Crippen molar-refractivity contribution in [3.8, 4) is 11.4 Å². The number of aryl methyl sites for hydroxylation is 1. The van der Waals surface area contributed by atoms with Crippen molar-refractivity contribution in [1.29, 1.82) is 0 Å². The summed E-state index contributed by atoms with van der Waals surface area (Å²) in [5, 5.41) is 2.56. The fourth-order valence-electron chi connectivity index (χ4n) is 4.66. The van der Waals surface area contributed by atoms with Crippen LogP contribution in [0.25, 0.3) is 11.4 Å². The highest BCUT2D eigenvalue weighted by Crippen LogP contribution is 2.32. The van der Waals surface area contributed by atoms with E-state index in [2.05, 4.69) is 10.3 Å². The average Bonchev–Trinajstić information content (AvgIpc) is 3.02. The standard InChI is InChI=1S/C34H32F4N4O4/c1-6-19(2)31(44)40-28-17-39-30(27-16-23(8-7-20(27)3)32(45)41(4)5)42(33(28)46)18-21-13-24(15-25(14-21)34(36,37)38)29(43)22-9-11-26(35)12-10-22/h7-17,19H,6,18H2,1-5H3,(H,40,44)/t19-/m1/s1. The monoisotopic (exact) mass is 636 g/mol. The molecule has 3 aromatic carbocycles. The minimum Gasteiger partial charge on any atom is -0.345 e. The molecule has 1 N–H and O–H groups in total. The van der Waals surface area contributed by atoms with Crippen LogP contribution in [0.5, 0.6) is 0 Å². The molecule has 1 heterocycles. The van der Waals surface area contributed by atoms with Crippen LogP contribution >= 0.6 is 0 Å². The molecule has 4 rings (SSSR count). The van der Waals surface area contributed by atoms with Gasteiger partial charge in [0.25, 0.3) is 11.5 Å². The Morgan fingerprint density at radius 3 is 2.22 bits per heavy atom. The van der Waals surface area contributed by atoms with Gasteiger partial charge in [-0.15, -0.1) is 0 Å². The van der Waals surface area contributed by atoms with Gasteiger partial charge in [0.2, 0.25) is 5.91 Å². The van der Waals surface area contributed by atoms with Gasteiger partial charge in [-0.25, -0.2) is 9.37 Å². The van der Waals surface area contributed by atoms with Crippen LogP contribution in [0.4, 0.5) is 23.2 Å². The summed E-state index contributed by atoms with van der Waals surface area (Å²) in [6, 6.07) is 11.9. The number of hydrogen-bond acceptors (Lipinski definition) is 5. The quantitative estimate of drug-likeness (QED) is 0.171. The average molecular weight is 637 g/mol. The molecule has 0 saturated heterocycles. The summed E-state index contributed by atoms with van der Waals surface area (Å²) in [5.74, 6) is -2.57. The third-order valence-corrected chi connectivity index (χ3v) is 7.53. The van der Waals surface area contributed by atoms with Crippen LogP contribution in [0.1, 0.15) is 63.2 Å². The molecular weight excluding hydrogens is 604 g/mol. The van der Waals surface area contributed by atoms with E-state index in [1.807, 2.05) is 0 Å². The van der Waals surface area contributed by atoms with Crippen LogP contribution in [-0.4, -0.2) is 46.1 Å². The lowest BCUT2D eigenvalue weighted by Crippen LogP contribution is -2.30. The first-order chi connectivity index (χ1) is 21.6. The fourth-order valence-corrected chi connectivity index (χ4v) is 4.66. The van der Waals surface area contributed by atoms with Crippen LogP contribution in [0.15, 0.2) is 71.7 Å². The number of benzene rings is 3. The molecule has 4 aromatic rings. The molecule has 2 amide bonds. The Morgan fingerprint density at radius 2 is 1.61 bits per heavy atom. The zero-order valence-electron chi connectivity index (χ0n) is 25.8. The molecule has 1 aromatic heterocycles. The predicted molar refractivity (Wildman–Crippen MR) is 165 cm³/mol. The summed E-state index contributed by atoms with van der Waals surface area (Å²) < 4.78 is 56.7. The summed E-state index contributed by atoms with van der Waals surface area (Å²) in [6.07, 6.45) is -3.18. The van der Waals surface area contributed by atoms with Gasteiger partial charge in [-0.3, -0.25) is 23.7 Å². The number of ketones is 1. The zero-order chi connectivity index (χ0) is 33.9. The predicted octanol–water partition coefficient (Wildman–Crippen LogP) is 6.34. The molecule has 46 heavy (non-hydrogen) atoms. The summed E-state index contributed by atoms with van der Waals surface area (Å²) >= 11 is 0. The molecule has 0 aliphatic heterocycles. The van der Waals surface area contributed by atoms with Crippen molar-refractivity contribution in [2.75, 3.05) is 19.4 Å². The summed E-state index contributed by atoms with van der Waals surface area (Å²) in [7, 11) is 3.15. The van der Waals surface area contributed by atoms with Gasteiger partial charge in [0.05, 0.1) is 18.3 Å². The zero-order valence-corrected chi connectivity index (χ0v) is 25.8. The lowest BCUT2D eigenvalue weighted by molar-refractivity contribution is -0.137. The van der Waals surface area contributed by atoms with Gasteiger partial charge in [-0.1, -0.05) is 19.9 Å². The van der Waals surface area contributed by atoms with Crippen LogP contribution in [0, 0.1) is 18.7 Å². The Bertz CT molecular complexity index is 1860. The summed E-state index contributed by atoms with van der Waals surface area (Å²) in [6.45, 7) is 4.72. The third-order valence-electron chi connectivity index (χ3n) is 7.53. The second-order valence-electron chi connectivity index (χ2n) is 11.2. The number of alkyl halides is 3. The number of anilines is 1. The van der Waals surface area contributed by atoms with Gasteiger partial charge >= 0.3 is 6.18 Å². The SMILES string of the molecule is CC[C@@H](C)C(=O)Nc1cnc(-c2cc(C(=O)N(C)C)ccc2C)n(Cc2cc(C(=O)c3ccc(F)cc3)cc(C(F)(F)F)c2)c1=O. The topological polar surface area (TPSA) is 101 Å². The molecular formula is C34H32F4N4O4. The maximum atomic E-state index is 14.1. The summed E-state index contributed by atoms with van der Waals surface area (Å²) in [5.41, 5.74) is -1.23. The summed E-state index contributed by atoms with van der Waals surface area (Å²) in [4.78, 5) is 58.3. The first-order valence-corrected chi connectivity index (χ1v) is 14.4. The Morgan fingerprint density at radius 1 is 0.957 bits per heavy atom.